The van der Waals surface area contributed by atoms with Crippen molar-refractivity contribution in [1.29, 1.82) is 0 Å². The van der Waals surface area contributed by atoms with E-state index < -0.39 is 0 Å². The van der Waals surface area contributed by atoms with Gasteiger partial charge in [-0.15, -0.1) is 11.8 Å². The highest BCUT2D eigenvalue weighted by atomic mass is 32.2. The topological polar surface area (TPSA) is 0 Å². The average Bonchev–Trinajstić information content (AvgIpc) is 2.45. The van der Waals surface area contributed by atoms with Crippen molar-refractivity contribution in [1.82, 2.24) is 0 Å². The number of rotatable bonds is 6. The molecule has 0 aliphatic carbocycles. The van der Waals surface area contributed by atoms with E-state index in [4.69, 9.17) is 0 Å². The molecule has 93 valence electrons. The smallest absolute Gasteiger partial charge is 0.0232 e. The molecule has 0 fully saturated rings. The second kappa shape index (κ2) is 7.27. The van der Waals surface area contributed by atoms with Gasteiger partial charge in [0, 0.05) is 10.6 Å². The molecule has 0 unspecified atom stereocenters. The molecule has 2 aromatic carbocycles. The quantitative estimate of drug-likeness (QED) is 0.644. The standard InChI is InChI=1S/C17H19S/c1-2-3-11-16-12-7-8-13-17(16)18-14-15-9-5-4-6-10-15/h4-10,12-13H,1-3,11,14H2. The molecule has 0 nitrogen and oxygen atoms in total. The largest absolute Gasteiger partial charge is 0.121 e. The SMILES string of the molecule is [CH2]CCCc1ccccc1SCc1ccccc1. The van der Waals surface area contributed by atoms with E-state index in [-0.39, 0.29) is 0 Å². The predicted molar refractivity (Wildman–Crippen MR) is 80.7 cm³/mol. The third-order valence-corrected chi connectivity index (χ3v) is 4.09. The van der Waals surface area contributed by atoms with E-state index in [0.29, 0.717) is 0 Å². The van der Waals surface area contributed by atoms with E-state index in [0.717, 1.165) is 18.6 Å². The van der Waals surface area contributed by atoms with Crippen LogP contribution in [0.4, 0.5) is 0 Å². The Hall–Kier alpha value is -1.21. The van der Waals surface area contributed by atoms with E-state index in [1.807, 2.05) is 11.8 Å². The van der Waals surface area contributed by atoms with Gasteiger partial charge in [0.1, 0.15) is 0 Å². The van der Waals surface area contributed by atoms with Crippen molar-refractivity contribution in [2.75, 3.05) is 0 Å². The molecule has 0 atom stereocenters. The molecule has 2 rings (SSSR count). The van der Waals surface area contributed by atoms with Crippen LogP contribution in [0.25, 0.3) is 0 Å². The summed E-state index contributed by atoms with van der Waals surface area (Å²) < 4.78 is 0. The van der Waals surface area contributed by atoms with E-state index in [1.54, 1.807) is 0 Å². The van der Waals surface area contributed by atoms with Gasteiger partial charge in [0.25, 0.3) is 0 Å². The molecule has 0 spiro atoms. The van der Waals surface area contributed by atoms with Crippen LogP contribution in [0.3, 0.4) is 0 Å². The Bertz CT molecular complexity index is 462. The van der Waals surface area contributed by atoms with Crippen LogP contribution >= 0.6 is 11.8 Å². The first-order valence-electron chi connectivity index (χ1n) is 6.44. The van der Waals surface area contributed by atoms with Crippen molar-refractivity contribution in [2.45, 2.75) is 29.9 Å². The molecule has 0 heterocycles. The molecule has 0 saturated heterocycles. The van der Waals surface area contributed by atoms with E-state index in [9.17, 15) is 0 Å². The van der Waals surface area contributed by atoms with Gasteiger partial charge in [-0.2, -0.15) is 0 Å². The minimum absolute atomic E-state index is 1.01. The number of thioether (sulfide) groups is 1. The van der Waals surface area contributed by atoms with Crippen LogP contribution in [0.2, 0.25) is 0 Å². The zero-order valence-electron chi connectivity index (χ0n) is 10.6. The summed E-state index contributed by atoms with van der Waals surface area (Å²) in [5, 5.41) is 0. The lowest BCUT2D eigenvalue weighted by molar-refractivity contribution is 0.827. The molecule has 0 N–H and O–H groups in total. The number of unbranched alkanes of at least 4 members (excludes halogenated alkanes) is 1. The summed E-state index contributed by atoms with van der Waals surface area (Å²) in [4.78, 5) is 1.41. The fourth-order valence-corrected chi connectivity index (χ4v) is 2.95. The van der Waals surface area contributed by atoms with E-state index in [1.165, 1.54) is 22.4 Å². The summed E-state index contributed by atoms with van der Waals surface area (Å²) in [6.07, 6.45) is 3.32. The van der Waals surface area contributed by atoms with Crippen molar-refractivity contribution >= 4 is 11.8 Å². The van der Waals surface area contributed by atoms with Gasteiger partial charge in [-0.3, -0.25) is 0 Å². The van der Waals surface area contributed by atoms with Crippen molar-refractivity contribution in [2.24, 2.45) is 0 Å². The Morgan fingerprint density at radius 1 is 0.889 bits per heavy atom. The zero-order valence-corrected chi connectivity index (χ0v) is 11.5. The molecule has 0 amide bonds. The number of hydrogen-bond donors (Lipinski definition) is 0. The monoisotopic (exact) mass is 255 g/mol. The molecule has 0 bridgehead atoms. The van der Waals surface area contributed by atoms with Crippen LogP contribution in [-0.2, 0) is 12.2 Å². The van der Waals surface area contributed by atoms with Crippen LogP contribution < -0.4 is 0 Å². The van der Waals surface area contributed by atoms with Crippen molar-refractivity contribution < 1.29 is 0 Å². The lowest BCUT2D eigenvalue weighted by Gasteiger charge is -2.08. The normalized spacial score (nSPS) is 10.5. The van der Waals surface area contributed by atoms with Crippen molar-refractivity contribution in [3.8, 4) is 0 Å². The molecule has 0 aliphatic heterocycles. The first kappa shape index (κ1) is 13.2. The first-order valence-corrected chi connectivity index (χ1v) is 7.42. The van der Waals surface area contributed by atoms with E-state index >= 15 is 0 Å². The van der Waals surface area contributed by atoms with Gasteiger partial charge >= 0.3 is 0 Å². The minimum Gasteiger partial charge on any atom is -0.121 e. The summed E-state index contributed by atoms with van der Waals surface area (Å²) in [7, 11) is 0. The first-order chi connectivity index (χ1) is 8.90. The Labute approximate surface area is 114 Å². The van der Waals surface area contributed by atoms with Gasteiger partial charge in [-0.1, -0.05) is 61.9 Å². The maximum atomic E-state index is 3.92. The molecule has 1 radical (unpaired) electrons. The average molecular weight is 255 g/mol. The summed E-state index contributed by atoms with van der Waals surface area (Å²) in [5.41, 5.74) is 2.84. The van der Waals surface area contributed by atoms with Gasteiger partial charge < -0.3 is 0 Å². The fraction of sp³-hybridized carbons (Fsp3) is 0.235. The number of hydrogen-bond acceptors (Lipinski definition) is 1. The molecule has 0 aliphatic rings. The summed E-state index contributed by atoms with van der Waals surface area (Å²) in [6, 6.07) is 19.4. The predicted octanol–water partition coefficient (Wildman–Crippen LogP) is 5.14. The highest BCUT2D eigenvalue weighted by molar-refractivity contribution is 7.98. The van der Waals surface area contributed by atoms with Gasteiger partial charge in [-0.05, 0) is 30.0 Å². The van der Waals surface area contributed by atoms with Crippen LogP contribution in [0.5, 0.6) is 0 Å². The second-order valence-corrected chi connectivity index (χ2v) is 5.36. The molecule has 1 heteroatoms. The summed E-state index contributed by atoms with van der Waals surface area (Å²) in [5.74, 6) is 1.04. The third kappa shape index (κ3) is 3.92. The summed E-state index contributed by atoms with van der Waals surface area (Å²) in [6.45, 7) is 3.92. The molecule has 0 aromatic heterocycles. The molecule has 0 saturated carbocycles. The maximum Gasteiger partial charge on any atom is 0.0232 e. The highest BCUT2D eigenvalue weighted by Gasteiger charge is 2.02. The van der Waals surface area contributed by atoms with Gasteiger partial charge in [-0.25, -0.2) is 0 Å². The van der Waals surface area contributed by atoms with Crippen LogP contribution in [0.1, 0.15) is 24.0 Å². The Morgan fingerprint density at radius 3 is 2.39 bits per heavy atom. The Morgan fingerprint density at radius 2 is 1.61 bits per heavy atom. The van der Waals surface area contributed by atoms with Crippen molar-refractivity contribution in [3.05, 3.63) is 72.6 Å². The maximum absolute atomic E-state index is 3.92. The minimum atomic E-state index is 1.01. The van der Waals surface area contributed by atoms with E-state index in [2.05, 4.69) is 61.5 Å². The van der Waals surface area contributed by atoms with Crippen LogP contribution in [-0.4, -0.2) is 0 Å². The third-order valence-electron chi connectivity index (χ3n) is 2.91. The van der Waals surface area contributed by atoms with Gasteiger partial charge in [0.05, 0.1) is 0 Å². The molecular formula is C17H19S. The highest BCUT2D eigenvalue weighted by Crippen LogP contribution is 2.27. The molecular weight excluding hydrogens is 236 g/mol. The van der Waals surface area contributed by atoms with Crippen LogP contribution in [0.15, 0.2) is 59.5 Å². The molecule has 18 heavy (non-hydrogen) atoms. The van der Waals surface area contributed by atoms with Crippen molar-refractivity contribution in [3.63, 3.8) is 0 Å². The Balaban J connectivity index is 2.00. The molecule has 2 aromatic rings. The van der Waals surface area contributed by atoms with Crippen LogP contribution in [0, 0.1) is 6.92 Å². The zero-order chi connectivity index (χ0) is 12.6. The number of benzene rings is 2. The Kier molecular flexibility index (Phi) is 5.35. The summed E-state index contributed by atoms with van der Waals surface area (Å²) >= 11 is 1.93. The number of aryl methyl sites for hydroxylation is 1. The lowest BCUT2D eigenvalue weighted by atomic mass is 10.1. The van der Waals surface area contributed by atoms with Gasteiger partial charge in [0.15, 0.2) is 0 Å². The second-order valence-electron chi connectivity index (χ2n) is 4.34. The lowest BCUT2D eigenvalue weighted by Crippen LogP contribution is -1.89. The fourth-order valence-electron chi connectivity index (χ4n) is 1.90. The van der Waals surface area contributed by atoms with Gasteiger partial charge in [0.2, 0.25) is 0 Å².